The molecule has 1 aromatic carbocycles. The smallest absolute Gasteiger partial charge is 0.131 e. The third-order valence-corrected chi connectivity index (χ3v) is 7.62. The van der Waals surface area contributed by atoms with E-state index in [1.165, 1.54) is 30.7 Å². The number of allylic oxidation sites excluding steroid dienone is 1. The topological polar surface area (TPSA) is 53.6 Å². The Kier molecular flexibility index (Phi) is 5.55. The molecule has 3 aliphatic rings. The Bertz CT molecular complexity index is 645. The van der Waals surface area contributed by atoms with E-state index in [1.807, 2.05) is 11.8 Å². The molecule has 0 spiro atoms. The van der Waals surface area contributed by atoms with Crippen molar-refractivity contribution in [2.75, 3.05) is 26.2 Å². The molecule has 4 rings (SSSR count). The van der Waals surface area contributed by atoms with Gasteiger partial charge in [-0.25, -0.2) is 0 Å². The van der Waals surface area contributed by atoms with Gasteiger partial charge in [0.25, 0.3) is 0 Å². The van der Waals surface area contributed by atoms with Crippen molar-refractivity contribution in [3.63, 3.8) is 0 Å². The number of amidine groups is 1. The number of hydrogen-bond donors (Lipinski definition) is 2. The van der Waals surface area contributed by atoms with E-state index >= 15 is 0 Å². The lowest BCUT2D eigenvalue weighted by molar-refractivity contribution is 0.188. The second-order valence-electron chi connectivity index (χ2n) is 7.81. The van der Waals surface area contributed by atoms with Gasteiger partial charge in [-0.05, 0) is 43.2 Å². The maximum absolute atomic E-state index is 6.04. The quantitative estimate of drug-likeness (QED) is 0.370. The summed E-state index contributed by atoms with van der Waals surface area (Å²) in [5, 5.41) is 10.9. The summed E-state index contributed by atoms with van der Waals surface area (Å²) >= 11 is 1.98. The number of thioether (sulfide) groups is 1. The first kappa shape index (κ1) is 17.9. The monoisotopic (exact) mass is 370 g/mol. The van der Waals surface area contributed by atoms with Gasteiger partial charge in [-0.2, -0.15) is 5.10 Å². The largest absolute Gasteiger partial charge is 0.357 e. The highest BCUT2D eigenvalue weighted by molar-refractivity contribution is 8.03. The highest BCUT2D eigenvalue weighted by atomic mass is 32.2. The number of benzene rings is 1. The van der Waals surface area contributed by atoms with Crippen LogP contribution in [0.15, 0.2) is 46.9 Å². The molecule has 26 heavy (non-hydrogen) atoms. The molecule has 0 aromatic heterocycles. The van der Waals surface area contributed by atoms with Gasteiger partial charge in [0, 0.05) is 36.2 Å². The molecule has 1 saturated carbocycles. The third kappa shape index (κ3) is 3.39. The first-order valence-corrected chi connectivity index (χ1v) is 10.9. The number of hydrogen-bond acceptors (Lipinski definition) is 4. The fraction of sp³-hybridized carbons (Fsp3) is 0.571. The van der Waals surface area contributed by atoms with Crippen LogP contribution in [0.5, 0.6) is 0 Å². The summed E-state index contributed by atoms with van der Waals surface area (Å²) < 4.78 is 0. The average Bonchev–Trinajstić information content (AvgIpc) is 3.14. The van der Waals surface area contributed by atoms with Gasteiger partial charge in [-0.15, -0.1) is 11.8 Å². The van der Waals surface area contributed by atoms with Crippen LogP contribution in [0.3, 0.4) is 0 Å². The van der Waals surface area contributed by atoms with Crippen molar-refractivity contribution in [3.05, 3.63) is 47.4 Å². The van der Waals surface area contributed by atoms with Crippen LogP contribution >= 0.6 is 11.8 Å². The van der Waals surface area contributed by atoms with Crippen LogP contribution in [0, 0.1) is 5.41 Å². The molecule has 2 unspecified atom stereocenters. The van der Waals surface area contributed by atoms with E-state index in [4.69, 9.17) is 5.84 Å². The summed E-state index contributed by atoms with van der Waals surface area (Å²) in [4.78, 5) is 2.52. The minimum Gasteiger partial charge on any atom is -0.357 e. The minimum absolute atomic E-state index is 0.177. The molecule has 1 aromatic rings. The molecule has 0 bridgehead atoms. The van der Waals surface area contributed by atoms with Crippen molar-refractivity contribution in [3.8, 4) is 0 Å². The molecule has 5 heteroatoms. The van der Waals surface area contributed by atoms with Crippen LogP contribution in [0.4, 0.5) is 0 Å². The van der Waals surface area contributed by atoms with Gasteiger partial charge in [0.2, 0.25) is 0 Å². The zero-order valence-corrected chi connectivity index (χ0v) is 16.3. The molecule has 140 valence electrons. The Balaban J connectivity index is 1.58. The normalized spacial score (nSPS) is 29.1. The summed E-state index contributed by atoms with van der Waals surface area (Å²) in [6.07, 6.45) is 8.37. The second kappa shape index (κ2) is 8.05. The van der Waals surface area contributed by atoms with E-state index in [0.29, 0.717) is 11.2 Å². The Morgan fingerprint density at radius 3 is 2.73 bits per heavy atom. The van der Waals surface area contributed by atoms with Gasteiger partial charge < -0.3 is 16.1 Å². The van der Waals surface area contributed by atoms with Crippen LogP contribution in [0.2, 0.25) is 0 Å². The van der Waals surface area contributed by atoms with Crippen molar-refractivity contribution in [2.45, 2.75) is 43.3 Å². The number of nitrogens with two attached hydrogens (primary N) is 1. The molecule has 4 nitrogen and oxygen atoms in total. The van der Waals surface area contributed by atoms with Crippen LogP contribution in [-0.4, -0.2) is 42.2 Å². The number of hydrazone groups is 1. The van der Waals surface area contributed by atoms with Crippen LogP contribution in [0.25, 0.3) is 0 Å². The number of nitrogens with zero attached hydrogens (tertiary/aromatic N) is 2. The summed E-state index contributed by atoms with van der Waals surface area (Å²) in [5.41, 5.74) is 1.58. The highest BCUT2D eigenvalue weighted by Gasteiger charge is 2.50. The second-order valence-corrected chi connectivity index (χ2v) is 8.92. The van der Waals surface area contributed by atoms with Gasteiger partial charge in [0.15, 0.2) is 0 Å². The van der Waals surface area contributed by atoms with Crippen LogP contribution < -0.4 is 11.2 Å². The van der Waals surface area contributed by atoms with Crippen molar-refractivity contribution in [2.24, 2.45) is 16.4 Å². The number of rotatable bonds is 3. The summed E-state index contributed by atoms with van der Waals surface area (Å²) in [6, 6.07) is 10.9. The van der Waals surface area contributed by atoms with Crippen LogP contribution in [0.1, 0.15) is 43.6 Å². The fourth-order valence-electron chi connectivity index (χ4n) is 4.75. The molecule has 0 radical (unpaired) electrons. The molecule has 2 fully saturated rings. The summed E-state index contributed by atoms with van der Waals surface area (Å²) in [5.74, 6) is 7.69. The maximum Gasteiger partial charge on any atom is 0.131 e. The molecule has 3 N–H and O–H groups in total. The molecular weight excluding hydrogens is 340 g/mol. The zero-order chi connectivity index (χ0) is 17.8. The minimum atomic E-state index is 0.177. The molecule has 0 amide bonds. The maximum atomic E-state index is 6.04. The summed E-state index contributed by atoms with van der Waals surface area (Å²) in [7, 11) is 0. The molecule has 2 atom stereocenters. The van der Waals surface area contributed by atoms with Gasteiger partial charge in [-0.1, -0.05) is 42.8 Å². The molecule has 1 saturated heterocycles. The molecule has 2 aliphatic heterocycles. The van der Waals surface area contributed by atoms with Crippen molar-refractivity contribution >= 4 is 17.6 Å². The van der Waals surface area contributed by atoms with Crippen molar-refractivity contribution in [1.29, 1.82) is 0 Å². The molecular formula is C21H30N4S. The van der Waals surface area contributed by atoms with E-state index in [2.05, 4.69) is 57.1 Å². The standard InChI is InChI=1S/C21H30N4S/c22-24-20(21(10-5-11-21)19-9-4-14-26-19)25-13-6-12-23-15-18(16-25)17-7-2-1-3-8-17/h1-4,7-8,14,18-19,23H,5-6,9-13,15-16,22H2/b24-20-. The predicted molar refractivity (Wildman–Crippen MR) is 111 cm³/mol. The summed E-state index contributed by atoms with van der Waals surface area (Å²) in [6.45, 7) is 4.12. The van der Waals surface area contributed by atoms with Gasteiger partial charge >= 0.3 is 0 Å². The first-order chi connectivity index (χ1) is 12.8. The third-order valence-electron chi connectivity index (χ3n) is 6.30. The van der Waals surface area contributed by atoms with E-state index < -0.39 is 0 Å². The van der Waals surface area contributed by atoms with Gasteiger partial charge in [-0.3, -0.25) is 0 Å². The average molecular weight is 371 g/mol. The van der Waals surface area contributed by atoms with Gasteiger partial charge in [0.1, 0.15) is 5.84 Å². The lowest BCUT2D eigenvalue weighted by Gasteiger charge is -2.50. The SMILES string of the molecule is N/N=C(\N1CCCNCC(c2ccccc2)C1)C1(C2CC=CS2)CCC1. The first-order valence-electron chi connectivity index (χ1n) is 9.93. The molecule has 2 heterocycles. The zero-order valence-electron chi connectivity index (χ0n) is 15.4. The lowest BCUT2D eigenvalue weighted by atomic mass is 9.64. The van der Waals surface area contributed by atoms with Crippen LogP contribution in [-0.2, 0) is 0 Å². The fourth-order valence-corrected chi connectivity index (χ4v) is 5.98. The van der Waals surface area contributed by atoms with E-state index in [0.717, 1.165) is 39.0 Å². The van der Waals surface area contributed by atoms with Crippen molar-refractivity contribution < 1.29 is 0 Å². The Morgan fingerprint density at radius 1 is 1.23 bits per heavy atom. The Hall–Kier alpha value is -1.46. The highest BCUT2D eigenvalue weighted by Crippen LogP contribution is 2.53. The number of nitrogens with one attached hydrogen (secondary N) is 1. The predicted octanol–water partition coefficient (Wildman–Crippen LogP) is 3.53. The Morgan fingerprint density at radius 2 is 2.08 bits per heavy atom. The lowest BCUT2D eigenvalue weighted by Crippen LogP contribution is -2.55. The van der Waals surface area contributed by atoms with E-state index in [1.54, 1.807) is 0 Å². The van der Waals surface area contributed by atoms with E-state index in [-0.39, 0.29) is 5.41 Å². The Labute approximate surface area is 161 Å². The van der Waals surface area contributed by atoms with Crippen molar-refractivity contribution in [1.82, 2.24) is 10.2 Å². The van der Waals surface area contributed by atoms with Gasteiger partial charge in [0.05, 0.1) is 0 Å². The van der Waals surface area contributed by atoms with E-state index in [9.17, 15) is 0 Å². The molecule has 1 aliphatic carbocycles.